The highest BCUT2D eigenvalue weighted by Crippen LogP contribution is 2.40. The standard InChI is InChI=1S/C21H16ClF5N2O4/c1-32-9-20(31,21(25,26)27)19(12-3-5-13(22)17(24)18(12)33-2)29-15-8-10(23)7-14-11(15)4-6-16(30)28-14/h3-8,31H,9H2,1-2H3,(H,28,30). The molecule has 176 valence electrons. The Labute approximate surface area is 188 Å². The van der Waals surface area contributed by atoms with Crippen molar-refractivity contribution >= 4 is 33.9 Å². The monoisotopic (exact) mass is 490 g/mol. The van der Waals surface area contributed by atoms with Gasteiger partial charge in [-0.3, -0.25) is 4.79 Å². The van der Waals surface area contributed by atoms with E-state index in [1.807, 2.05) is 0 Å². The Morgan fingerprint density at radius 2 is 1.85 bits per heavy atom. The van der Waals surface area contributed by atoms with Gasteiger partial charge in [0.2, 0.25) is 11.2 Å². The van der Waals surface area contributed by atoms with Gasteiger partial charge in [-0.15, -0.1) is 0 Å². The number of aliphatic imine (C=N–C) groups is 1. The van der Waals surface area contributed by atoms with Crippen molar-refractivity contribution in [1.82, 2.24) is 4.98 Å². The summed E-state index contributed by atoms with van der Waals surface area (Å²) < 4.78 is 80.6. The Balaban J connectivity index is 2.46. The largest absolute Gasteiger partial charge is 0.493 e. The molecule has 1 aromatic heterocycles. The Morgan fingerprint density at radius 1 is 1.15 bits per heavy atom. The summed E-state index contributed by atoms with van der Waals surface area (Å²) >= 11 is 5.72. The van der Waals surface area contributed by atoms with Gasteiger partial charge in [0.1, 0.15) is 5.82 Å². The van der Waals surface area contributed by atoms with Crippen LogP contribution in [0.25, 0.3) is 10.9 Å². The Kier molecular flexibility index (Phi) is 6.78. The number of methoxy groups -OCH3 is 2. The van der Waals surface area contributed by atoms with Gasteiger partial charge in [-0.1, -0.05) is 11.6 Å². The van der Waals surface area contributed by atoms with Crippen molar-refractivity contribution < 1.29 is 36.5 Å². The zero-order valence-electron chi connectivity index (χ0n) is 17.1. The molecule has 2 aromatic carbocycles. The number of aromatic amines is 1. The highest BCUT2D eigenvalue weighted by Gasteiger charge is 2.58. The molecule has 0 saturated heterocycles. The minimum Gasteiger partial charge on any atom is -0.493 e. The van der Waals surface area contributed by atoms with Gasteiger partial charge in [0.15, 0.2) is 11.6 Å². The number of alkyl halides is 3. The van der Waals surface area contributed by atoms with Crippen molar-refractivity contribution in [2.45, 2.75) is 11.8 Å². The van der Waals surface area contributed by atoms with Gasteiger partial charge >= 0.3 is 6.18 Å². The molecule has 0 aliphatic rings. The predicted octanol–water partition coefficient (Wildman–Crippen LogP) is 4.53. The number of nitrogens with zero attached hydrogens (tertiary/aromatic N) is 1. The maximum Gasteiger partial charge on any atom is 0.425 e. The predicted molar refractivity (Wildman–Crippen MR) is 112 cm³/mol. The lowest BCUT2D eigenvalue weighted by Crippen LogP contribution is -2.55. The molecule has 12 heteroatoms. The van der Waals surface area contributed by atoms with Gasteiger partial charge in [-0.2, -0.15) is 13.2 Å². The number of hydrogen-bond donors (Lipinski definition) is 2. The summed E-state index contributed by atoms with van der Waals surface area (Å²) in [6, 6.07) is 5.94. The minimum absolute atomic E-state index is 0.0582. The van der Waals surface area contributed by atoms with E-state index in [0.29, 0.717) is 0 Å². The van der Waals surface area contributed by atoms with E-state index in [4.69, 9.17) is 16.3 Å². The second-order valence-electron chi connectivity index (χ2n) is 6.90. The SMILES string of the molecule is COCC(O)(C(=Nc1cc(F)cc2[nH]c(=O)ccc12)c1ccc(Cl)c(F)c1OC)C(F)(F)F. The molecule has 0 bridgehead atoms. The number of rotatable bonds is 6. The maximum atomic E-state index is 14.6. The minimum atomic E-state index is -5.36. The first-order valence-corrected chi connectivity index (χ1v) is 9.53. The summed E-state index contributed by atoms with van der Waals surface area (Å²) in [7, 11) is 1.90. The molecule has 0 radical (unpaired) electrons. The third-order valence-corrected chi connectivity index (χ3v) is 5.03. The van der Waals surface area contributed by atoms with Crippen LogP contribution in [0, 0.1) is 11.6 Å². The fraction of sp³-hybridized carbons (Fsp3) is 0.238. The van der Waals surface area contributed by atoms with E-state index in [1.54, 1.807) is 0 Å². The number of pyridine rings is 1. The topological polar surface area (TPSA) is 83.9 Å². The van der Waals surface area contributed by atoms with Gasteiger partial charge < -0.3 is 19.6 Å². The van der Waals surface area contributed by atoms with Crippen LogP contribution in [0.2, 0.25) is 5.02 Å². The van der Waals surface area contributed by atoms with Crippen LogP contribution < -0.4 is 10.3 Å². The molecule has 0 spiro atoms. The van der Waals surface area contributed by atoms with Crippen LogP contribution in [0.3, 0.4) is 0 Å². The Bertz CT molecular complexity index is 1290. The summed E-state index contributed by atoms with van der Waals surface area (Å²) in [5.74, 6) is -2.85. The van der Waals surface area contributed by atoms with Crippen LogP contribution >= 0.6 is 11.6 Å². The molecule has 33 heavy (non-hydrogen) atoms. The average molecular weight is 491 g/mol. The molecule has 0 aliphatic heterocycles. The first-order chi connectivity index (χ1) is 15.4. The van der Waals surface area contributed by atoms with E-state index in [1.165, 1.54) is 6.07 Å². The second kappa shape index (κ2) is 9.08. The summed E-state index contributed by atoms with van der Waals surface area (Å²) in [6.07, 6.45) is -5.36. The lowest BCUT2D eigenvalue weighted by atomic mass is 9.90. The maximum absolute atomic E-state index is 14.6. The van der Waals surface area contributed by atoms with Crippen molar-refractivity contribution in [3.05, 3.63) is 69.0 Å². The van der Waals surface area contributed by atoms with Gasteiger partial charge in [0, 0.05) is 30.2 Å². The summed E-state index contributed by atoms with van der Waals surface area (Å²) in [6.45, 7) is -1.33. The molecule has 2 N–H and O–H groups in total. The van der Waals surface area contributed by atoms with Crippen molar-refractivity contribution in [3.63, 3.8) is 0 Å². The van der Waals surface area contributed by atoms with E-state index in [2.05, 4.69) is 14.7 Å². The number of nitrogens with one attached hydrogen (secondary N) is 1. The number of H-pyrrole nitrogens is 1. The van der Waals surface area contributed by atoms with E-state index in [-0.39, 0.29) is 16.6 Å². The molecule has 1 atom stereocenters. The Hall–Kier alpha value is -3.02. The van der Waals surface area contributed by atoms with Gasteiger partial charge in [-0.05, 0) is 24.3 Å². The smallest absolute Gasteiger partial charge is 0.425 e. The molecule has 3 rings (SSSR count). The molecule has 3 aromatic rings. The molecular weight excluding hydrogens is 475 g/mol. The van der Waals surface area contributed by atoms with Gasteiger partial charge in [0.25, 0.3) is 0 Å². The summed E-state index contributed by atoms with van der Waals surface area (Å²) in [5, 5.41) is 10.4. The number of ether oxygens (including phenoxy) is 2. The number of aliphatic hydroxyl groups is 1. The molecule has 0 saturated carbocycles. The Morgan fingerprint density at radius 3 is 2.45 bits per heavy atom. The highest BCUT2D eigenvalue weighted by atomic mass is 35.5. The normalized spacial score (nSPS) is 14.4. The fourth-order valence-electron chi connectivity index (χ4n) is 3.22. The van der Waals surface area contributed by atoms with E-state index >= 15 is 0 Å². The molecular formula is C21H16ClF5N2O4. The lowest BCUT2D eigenvalue weighted by molar-refractivity contribution is -0.242. The first-order valence-electron chi connectivity index (χ1n) is 9.15. The average Bonchev–Trinajstić information content (AvgIpc) is 2.72. The lowest BCUT2D eigenvalue weighted by Gasteiger charge is -2.32. The van der Waals surface area contributed by atoms with Crippen molar-refractivity contribution in [2.75, 3.05) is 20.8 Å². The van der Waals surface area contributed by atoms with Gasteiger partial charge in [-0.25, -0.2) is 13.8 Å². The highest BCUT2D eigenvalue weighted by molar-refractivity contribution is 6.31. The fourth-order valence-corrected chi connectivity index (χ4v) is 3.36. The molecule has 1 unspecified atom stereocenters. The first kappa shape index (κ1) is 24.6. The van der Waals surface area contributed by atoms with Gasteiger partial charge in [0.05, 0.1) is 35.7 Å². The van der Waals surface area contributed by atoms with E-state index in [9.17, 15) is 31.9 Å². The molecule has 0 aliphatic carbocycles. The number of hydrogen-bond acceptors (Lipinski definition) is 5. The third-order valence-electron chi connectivity index (χ3n) is 4.74. The van der Waals surface area contributed by atoms with Crippen LogP contribution in [-0.2, 0) is 4.74 Å². The van der Waals surface area contributed by atoms with Crippen molar-refractivity contribution in [3.8, 4) is 5.75 Å². The molecule has 0 amide bonds. The van der Waals surface area contributed by atoms with Crippen LogP contribution in [0.15, 0.2) is 46.2 Å². The van der Waals surface area contributed by atoms with Crippen molar-refractivity contribution in [2.24, 2.45) is 4.99 Å². The van der Waals surface area contributed by atoms with Crippen LogP contribution in [0.5, 0.6) is 5.75 Å². The zero-order valence-corrected chi connectivity index (χ0v) is 17.8. The van der Waals surface area contributed by atoms with Crippen LogP contribution in [0.4, 0.5) is 27.6 Å². The number of halogens is 6. The van der Waals surface area contributed by atoms with E-state index < -0.39 is 57.6 Å². The van der Waals surface area contributed by atoms with E-state index in [0.717, 1.165) is 44.6 Å². The zero-order chi connectivity index (χ0) is 24.6. The van der Waals surface area contributed by atoms with Crippen LogP contribution in [0.1, 0.15) is 5.56 Å². The number of aromatic nitrogens is 1. The third kappa shape index (κ3) is 4.56. The van der Waals surface area contributed by atoms with Crippen molar-refractivity contribution in [1.29, 1.82) is 0 Å². The number of fused-ring (bicyclic) bond motifs is 1. The van der Waals surface area contributed by atoms with Crippen LogP contribution in [-0.4, -0.2) is 48.4 Å². The number of benzene rings is 2. The second-order valence-corrected chi connectivity index (χ2v) is 7.31. The summed E-state index contributed by atoms with van der Waals surface area (Å²) in [5.41, 5.74) is -6.53. The summed E-state index contributed by atoms with van der Waals surface area (Å²) in [4.78, 5) is 17.8. The quantitative estimate of drug-likeness (QED) is 0.393. The molecule has 0 fully saturated rings. The molecule has 1 heterocycles. The molecule has 6 nitrogen and oxygen atoms in total.